The SMILES string of the molecule is C=CCCC(C)(O)C(C)(C)O.OBO. The lowest BCUT2D eigenvalue weighted by atomic mass is 9.84. The van der Waals surface area contributed by atoms with Crippen molar-refractivity contribution in [2.45, 2.75) is 44.8 Å². The van der Waals surface area contributed by atoms with E-state index < -0.39 is 18.9 Å². The fraction of sp³-hybridized carbons (Fsp3) is 0.778. The van der Waals surface area contributed by atoms with Crippen molar-refractivity contribution in [3.63, 3.8) is 0 Å². The van der Waals surface area contributed by atoms with E-state index in [2.05, 4.69) is 6.58 Å². The molecule has 5 heteroatoms. The first-order chi connectivity index (χ1) is 6.22. The first-order valence-electron chi connectivity index (χ1n) is 4.50. The van der Waals surface area contributed by atoms with E-state index in [-0.39, 0.29) is 0 Å². The molecule has 0 fully saturated rings. The summed E-state index contributed by atoms with van der Waals surface area (Å²) in [5.74, 6) is 0. The fourth-order valence-electron chi connectivity index (χ4n) is 0.689. The van der Waals surface area contributed by atoms with Crippen molar-refractivity contribution >= 4 is 7.69 Å². The van der Waals surface area contributed by atoms with Gasteiger partial charge in [-0.3, -0.25) is 0 Å². The number of hydrogen-bond donors (Lipinski definition) is 4. The van der Waals surface area contributed by atoms with E-state index in [1.54, 1.807) is 26.8 Å². The van der Waals surface area contributed by atoms with Crippen molar-refractivity contribution in [1.82, 2.24) is 0 Å². The number of aliphatic hydroxyl groups is 2. The van der Waals surface area contributed by atoms with Gasteiger partial charge in [0.15, 0.2) is 0 Å². The number of rotatable bonds is 4. The van der Waals surface area contributed by atoms with Gasteiger partial charge in [0.05, 0.1) is 11.2 Å². The van der Waals surface area contributed by atoms with Gasteiger partial charge in [0, 0.05) is 0 Å². The molecule has 0 amide bonds. The second-order valence-corrected chi connectivity index (χ2v) is 3.80. The van der Waals surface area contributed by atoms with Crippen LogP contribution >= 0.6 is 0 Å². The highest BCUT2D eigenvalue weighted by atomic mass is 16.4. The van der Waals surface area contributed by atoms with E-state index in [1.807, 2.05) is 0 Å². The summed E-state index contributed by atoms with van der Waals surface area (Å²) in [5.41, 5.74) is -2.07. The molecule has 0 aliphatic heterocycles. The lowest BCUT2D eigenvalue weighted by molar-refractivity contribution is -0.123. The van der Waals surface area contributed by atoms with Crippen molar-refractivity contribution in [2.24, 2.45) is 0 Å². The molecule has 0 saturated carbocycles. The summed E-state index contributed by atoms with van der Waals surface area (Å²) in [7, 11) is -0.750. The third kappa shape index (κ3) is 7.09. The molecule has 0 saturated heterocycles. The average molecular weight is 204 g/mol. The van der Waals surface area contributed by atoms with Gasteiger partial charge in [0.1, 0.15) is 0 Å². The van der Waals surface area contributed by atoms with Gasteiger partial charge in [-0.15, -0.1) is 6.58 Å². The topological polar surface area (TPSA) is 80.9 Å². The van der Waals surface area contributed by atoms with Crippen LogP contribution in [0.25, 0.3) is 0 Å². The lowest BCUT2D eigenvalue weighted by Crippen LogP contribution is -2.47. The Kier molecular flexibility index (Phi) is 8.05. The minimum Gasteiger partial charge on any atom is -0.430 e. The lowest BCUT2D eigenvalue weighted by Gasteiger charge is -2.35. The Hall–Kier alpha value is -0.355. The van der Waals surface area contributed by atoms with Gasteiger partial charge < -0.3 is 20.3 Å². The van der Waals surface area contributed by atoms with Crippen molar-refractivity contribution in [2.75, 3.05) is 0 Å². The first-order valence-corrected chi connectivity index (χ1v) is 4.50. The Bertz CT molecular complexity index is 151. The van der Waals surface area contributed by atoms with Crippen LogP contribution in [0, 0.1) is 0 Å². The molecule has 4 nitrogen and oxygen atoms in total. The zero-order valence-corrected chi connectivity index (χ0v) is 9.19. The molecule has 0 aromatic rings. The zero-order valence-electron chi connectivity index (χ0n) is 9.19. The quantitative estimate of drug-likeness (QED) is 0.374. The monoisotopic (exact) mass is 204 g/mol. The maximum absolute atomic E-state index is 9.68. The van der Waals surface area contributed by atoms with Crippen LogP contribution in [0.5, 0.6) is 0 Å². The predicted octanol–water partition coefficient (Wildman–Crippen LogP) is -0.288. The summed E-state index contributed by atoms with van der Waals surface area (Å²) in [6.45, 7) is 8.40. The Morgan fingerprint density at radius 3 is 1.79 bits per heavy atom. The van der Waals surface area contributed by atoms with Gasteiger partial charge in [-0.05, 0) is 33.6 Å². The summed E-state index contributed by atoms with van der Waals surface area (Å²) >= 11 is 0. The van der Waals surface area contributed by atoms with Gasteiger partial charge in [-0.25, -0.2) is 0 Å². The standard InChI is InChI=1S/C9H18O2.BH3O2/c1-5-6-7-9(4,11)8(2,3)10;2-1-3/h5,10-11H,1,6-7H2,2-4H3;1-3H. The largest absolute Gasteiger partial charge is 0.432 e. The Labute approximate surface area is 86.2 Å². The third-order valence-corrected chi connectivity index (χ3v) is 2.15. The maximum Gasteiger partial charge on any atom is 0.432 e. The summed E-state index contributed by atoms with van der Waals surface area (Å²) in [6, 6.07) is 0. The highest BCUT2D eigenvalue weighted by Crippen LogP contribution is 2.25. The van der Waals surface area contributed by atoms with Crippen LogP contribution in [0.4, 0.5) is 0 Å². The zero-order chi connectivity index (χ0) is 11.8. The van der Waals surface area contributed by atoms with Crippen molar-refractivity contribution < 1.29 is 20.3 Å². The number of allylic oxidation sites excluding steroid dienone is 1. The van der Waals surface area contributed by atoms with Crippen LogP contribution in [-0.4, -0.2) is 39.1 Å². The fourth-order valence-corrected chi connectivity index (χ4v) is 0.689. The molecule has 1 atom stereocenters. The van der Waals surface area contributed by atoms with Gasteiger partial charge in [-0.2, -0.15) is 0 Å². The molecule has 4 N–H and O–H groups in total. The van der Waals surface area contributed by atoms with Gasteiger partial charge in [0.25, 0.3) is 0 Å². The molecule has 0 rings (SSSR count). The molecule has 0 aliphatic rings. The minimum absolute atomic E-state index is 0.542. The highest BCUT2D eigenvalue weighted by Gasteiger charge is 2.36. The normalized spacial score (nSPS) is 14.8. The van der Waals surface area contributed by atoms with Crippen LogP contribution in [0.1, 0.15) is 33.6 Å². The van der Waals surface area contributed by atoms with E-state index in [0.717, 1.165) is 6.42 Å². The Morgan fingerprint density at radius 1 is 1.21 bits per heavy atom. The Balaban J connectivity index is 0. The van der Waals surface area contributed by atoms with Crippen LogP contribution in [-0.2, 0) is 0 Å². The third-order valence-electron chi connectivity index (χ3n) is 2.15. The van der Waals surface area contributed by atoms with Gasteiger partial charge in [-0.1, -0.05) is 6.08 Å². The molecule has 0 radical (unpaired) electrons. The molecule has 0 bridgehead atoms. The van der Waals surface area contributed by atoms with Crippen LogP contribution in [0.15, 0.2) is 12.7 Å². The van der Waals surface area contributed by atoms with E-state index >= 15 is 0 Å². The van der Waals surface area contributed by atoms with Crippen LogP contribution < -0.4 is 0 Å². The molecule has 14 heavy (non-hydrogen) atoms. The van der Waals surface area contributed by atoms with Crippen molar-refractivity contribution in [1.29, 1.82) is 0 Å². The van der Waals surface area contributed by atoms with Crippen LogP contribution in [0.3, 0.4) is 0 Å². The molecule has 1 unspecified atom stereocenters. The molecule has 84 valence electrons. The van der Waals surface area contributed by atoms with E-state index in [0.29, 0.717) is 6.42 Å². The van der Waals surface area contributed by atoms with Crippen molar-refractivity contribution in [3.8, 4) is 0 Å². The summed E-state index contributed by atoms with van der Waals surface area (Å²) in [5, 5.41) is 33.4. The molecular formula is C9H21BO4. The summed E-state index contributed by atoms with van der Waals surface area (Å²) < 4.78 is 0. The second kappa shape index (κ2) is 7.01. The highest BCUT2D eigenvalue weighted by molar-refractivity contribution is 6.13. The van der Waals surface area contributed by atoms with E-state index in [4.69, 9.17) is 10.0 Å². The molecular weight excluding hydrogens is 183 g/mol. The maximum atomic E-state index is 9.68. The minimum atomic E-state index is -1.05. The van der Waals surface area contributed by atoms with E-state index in [1.165, 1.54) is 0 Å². The average Bonchev–Trinajstić information content (AvgIpc) is 2.00. The smallest absolute Gasteiger partial charge is 0.430 e. The molecule has 0 aromatic heterocycles. The first kappa shape index (κ1) is 16.1. The molecule has 0 aromatic carbocycles. The van der Waals surface area contributed by atoms with E-state index in [9.17, 15) is 10.2 Å². The Morgan fingerprint density at radius 2 is 1.57 bits per heavy atom. The molecule has 0 heterocycles. The second-order valence-electron chi connectivity index (χ2n) is 3.80. The molecule has 0 aliphatic carbocycles. The van der Waals surface area contributed by atoms with Crippen molar-refractivity contribution in [3.05, 3.63) is 12.7 Å². The summed E-state index contributed by atoms with van der Waals surface area (Å²) in [6.07, 6.45) is 3.00. The summed E-state index contributed by atoms with van der Waals surface area (Å²) in [4.78, 5) is 0. The van der Waals surface area contributed by atoms with Crippen LogP contribution in [0.2, 0.25) is 0 Å². The number of hydrogen-bond acceptors (Lipinski definition) is 4. The molecule has 0 spiro atoms. The van der Waals surface area contributed by atoms with Gasteiger partial charge >= 0.3 is 7.69 Å². The predicted molar refractivity (Wildman–Crippen MR) is 57.9 cm³/mol. The van der Waals surface area contributed by atoms with Gasteiger partial charge in [0.2, 0.25) is 0 Å².